The van der Waals surface area contributed by atoms with Gasteiger partial charge in [0.25, 0.3) is 5.91 Å². The zero-order chi connectivity index (χ0) is 23.7. The first-order valence-corrected chi connectivity index (χ1v) is 11.2. The molecular weight excluding hydrogens is 432 g/mol. The summed E-state index contributed by atoms with van der Waals surface area (Å²) in [4.78, 5) is 26.3. The molecule has 0 saturated carbocycles. The van der Waals surface area contributed by atoms with Crippen LogP contribution in [0, 0.1) is 6.92 Å². The second-order valence-electron chi connectivity index (χ2n) is 8.30. The molecular formula is C25H26N6O3. The van der Waals surface area contributed by atoms with Gasteiger partial charge in [-0.15, -0.1) is 0 Å². The lowest BCUT2D eigenvalue weighted by atomic mass is 10.1. The van der Waals surface area contributed by atoms with E-state index in [0.717, 1.165) is 16.7 Å². The molecule has 2 aromatic heterocycles. The van der Waals surface area contributed by atoms with E-state index in [4.69, 9.17) is 14.7 Å². The van der Waals surface area contributed by atoms with Crippen molar-refractivity contribution in [1.82, 2.24) is 24.8 Å². The number of aliphatic hydroxyl groups is 1. The van der Waals surface area contributed by atoms with Crippen molar-refractivity contribution in [2.24, 2.45) is 0 Å². The van der Waals surface area contributed by atoms with Crippen LogP contribution in [0.15, 0.2) is 60.9 Å². The highest BCUT2D eigenvalue weighted by molar-refractivity contribution is 5.85. The van der Waals surface area contributed by atoms with Gasteiger partial charge in [0, 0.05) is 25.6 Å². The van der Waals surface area contributed by atoms with Crippen LogP contribution in [0.5, 0.6) is 0 Å². The molecule has 0 radical (unpaired) electrons. The molecule has 174 valence electrons. The Bertz CT molecular complexity index is 1320. The number of aliphatic hydroxyl groups excluding tert-OH is 1. The first-order valence-electron chi connectivity index (χ1n) is 11.2. The molecule has 3 atom stereocenters. The molecule has 0 bridgehead atoms. The molecule has 1 amide bonds. The van der Waals surface area contributed by atoms with Gasteiger partial charge in [-0.2, -0.15) is 0 Å². The topological polar surface area (TPSA) is 114 Å². The fraction of sp³-hybridized carbons (Fsp3) is 0.280. The molecule has 0 unspecified atom stereocenters. The second kappa shape index (κ2) is 9.20. The molecule has 3 N–H and O–H groups in total. The highest BCUT2D eigenvalue weighted by Gasteiger charge is 2.40. The summed E-state index contributed by atoms with van der Waals surface area (Å²) in [5.41, 5.74) is 4.24. The summed E-state index contributed by atoms with van der Waals surface area (Å²) in [6, 6.07) is 18.0. The molecule has 3 heterocycles. The molecule has 1 saturated heterocycles. The molecule has 9 nitrogen and oxygen atoms in total. The minimum atomic E-state index is -0.944. The van der Waals surface area contributed by atoms with Gasteiger partial charge in [-0.3, -0.25) is 9.36 Å². The molecule has 5 rings (SSSR count). The monoisotopic (exact) mass is 458 g/mol. The van der Waals surface area contributed by atoms with Gasteiger partial charge in [0.2, 0.25) is 0 Å². The van der Waals surface area contributed by atoms with Crippen LogP contribution in [-0.2, 0) is 16.1 Å². The Hall–Kier alpha value is -3.82. The Kier molecular flexibility index (Phi) is 5.95. The quantitative estimate of drug-likeness (QED) is 0.407. The summed E-state index contributed by atoms with van der Waals surface area (Å²) in [5.74, 6) is 0.802. The maximum absolute atomic E-state index is 12.1. The number of hydrogen-bond acceptors (Lipinski definition) is 7. The third-order valence-corrected chi connectivity index (χ3v) is 6.02. The first-order chi connectivity index (χ1) is 16.5. The highest BCUT2D eigenvalue weighted by atomic mass is 16.5. The van der Waals surface area contributed by atoms with Crippen LogP contribution in [0.2, 0.25) is 0 Å². The van der Waals surface area contributed by atoms with Crippen LogP contribution >= 0.6 is 0 Å². The number of benzene rings is 2. The minimum absolute atomic E-state index is 0.250. The lowest BCUT2D eigenvalue weighted by molar-refractivity contribution is -0.137. The summed E-state index contributed by atoms with van der Waals surface area (Å²) in [7, 11) is 1.52. The standard InChI is InChI=1S/C25H26N6O3/c1-15-8-6-7-11-17(15)22-29-23(27-13-16-9-4-3-5-10-16)20-24(30-22)31(14-28-20)19-12-18(32)21(34-19)25(33)26-2/h3-11,14,18-19,21,32H,12-13H2,1-2H3,(H,26,33)(H,27,29,30)/t18-,19+,21-/m0/s1. The Morgan fingerprint density at radius 1 is 1.15 bits per heavy atom. The van der Waals surface area contributed by atoms with Crippen LogP contribution in [0.1, 0.15) is 23.8 Å². The molecule has 1 fully saturated rings. The van der Waals surface area contributed by atoms with Gasteiger partial charge >= 0.3 is 0 Å². The van der Waals surface area contributed by atoms with Crippen molar-refractivity contribution in [2.75, 3.05) is 12.4 Å². The number of carbonyl (C=O) groups is 1. The van der Waals surface area contributed by atoms with E-state index >= 15 is 0 Å². The number of imidazole rings is 1. The zero-order valence-corrected chi connectivity index (χ0v) is 19.0. The summed E-state index contributed by atoms with van der Waals surface area (Å²) in [6.07, 6.45) is -0.571. The van der Waals surface area contributed by atoms with Gasteiger partial charge < -0.3 is 20.5 Å². The van der Waals surface area contributed by atoms with Crippen molar-refractivity contribution in [2.45, 2.75) is 38.3 Å². The smallest absolute Gasteiger partial charge is 0.251 e. The molecule has 4 aromatic rings. The number of amides is 1. The molecule has 1 aliphatic heterocycles. The largest absolute Gasteiger partial charge is 0.390 e. The number of aryl methyl sites for hydroxylation is 1. The number of rotatable bonds is 6. The average Bonchev–Trinajstić information content (AvgIpc) is 3.46. The predicted molar refractivity (Wildman–Crippen MR) is 128 cm³/mol. The van der Waals surface area contributed by atoms with Gasteiger partial charge in [-0.05, 0) is 18.1 Å². The normalized spacial score (nSPS) is 19.9. The molecule has 0 spiro atoms. The molecule has 0 aliphatic carbocycles. The van der Waals surface area contributed by atoms with E-state index in [2.05, 4.69) is 15.6 Å². The van der Waals surface area contributed by atoms with Crippen molar-refractivity contribution in [1.29, 1.82) is 0 Å². The fourth-order valence-electron chi connectivity index (χ4n) is 4.18. The van der Waals surface area contributed by atoms with E-state index < -0.39 is 18.4 Å². The van der Waals surface area contributed by atoms with Crippen LogP contribution in [0.4, 0.5) is 5.82 Å². The van der Waals surface area contributed by atoms with E-state index in [9.17, 15) is 9.90 Å². The van der Waals surface area contributed by atoms with Crippen molar-refractivity contribution >= 4 is 22.9 Å². The fourth-order valence-corrected chi connectivity index (χ4v) is 4.18. The third kappa shape index (κ3) is 4.11. The van der Waals surface area contributed by atoms with Crippen LogP contribution in [0.25, 0.3) is 22.6 Å². The van der Waals surface area contributed by atoms with E-state index in [1.54, 1.807) is 10.9 Å². The minimum Gasteiger partial charge on any atom is -0.390 e. The van der Waals surface area contributed by atoms with Gasteiger partial charge in [0.1, 0.15) is 6.23 Å². The predicted octanol–water partition coefficient (Wildman–Crippen LogP) is 2.81. The van der Waals surface area contributed by atoms with Gasteiger partial charge in [0.05, 0.1) is 12.4 Å². The second-order valence-corrected chi connectivity index (χ2v) is 8.30. The maximum atomic E-state index is 12.1. The van der Waals surface area contributed by atoms with Gasteiger partial charge in [-0.1, -0.05) is 54.6 Å². The van der Waals surface area contributed by atoms with E-state index in [0.29, 0.717) is 29.4 Å². The first kappa shape index (κ1) is 22.0. The lowest BCUT2D eigenvalue weighted by Crippen LogP contribution is -2.38. The SMILES string of the molecule is CNC(=O)[C@H]1O[C@@H](n2cnc3c(NCc4ccccc4)nc(-c4ccccc4C)nc32)C[C@@H]1O. The Labute approximate surface area is 196 Å². The number of likely N-dealkylation sites (N-methyl/N-ethyl adjacent to an activating group) is 1. The number of fused-ring (bicyclic) bond motifs is 1. The number of aromatic nitrogens is 4. The number of ether oxygens (including phenoxy) is 1. The highest BCUT2D eigenvalue weighted by Crippen LogP contribution is 2.33. The van der Waals surface area contributed by atoms with Crippen molar-refractivity contribution in [3.05, 3.63) is 72.1 Å². The van der Waals surface area contributed by atoms with Crippen molar-refractivity contribution in [3.8, 4) is 11.4 Å². The maximum Gasteiger partial charge on any atom is 0.251 e. The molecule has 2 aromatic carbocycles. The number of hydrogen-bond donors (Lipinski definition) is 3. The number of nitrogens with zero attached hydrogens (tertiary/aromatic N) is 4. The lowest BCUT2D eigenvalue weighted by Gasteiger charge is -2.15. The Morgan fingerprint density at radius 2 is 1.91 bits per heavy atom. The van der Waals surface area contributed by atoms with E-state index in [1.807, 2.05) is 61.5 Å². The summed E-state index contributed by atoms with van der Waals surface area (Å²) < 4.78 is 7.66. The van der Waals surface area contributed by atoms with Gasteiger partial charge in [0.15, 0.2) is 28.9 Å². The zero-order valence-electron chi connectivity index (χ0n) is 19.0. The van der Waals surface area contributed by atoms with E-state index in [-0.39, 0.29) is 12.3 Å². The third-order valence-electron chi connectivity index (χ3n) is 6.02. The molecule has 34 heavy (non-hydrogen) atoms. The number of carbonyl (C=O) groups excluding carboxylic acids is 1. The summed E-state index contributed by atoms with van der Waals surface area (Å²) in [6.45, 7) is 2.59. The molecule has 9 heteroatoms. The van der Waals surface area contributed by atoms with Crippen molar-refractivity contribution in [3.63, 3.8) is 0 Å². The van der Waals surface area contributed by atoms with E-state index in [1.165, 1.54) is 7.05 Å². The van der Waals surface area contributed by atoms with Crippen LogP contribution < -0.4 is 10.6 Å². The molecule has 1 aliphatic rings. The number of nitrogens with one attached hydrogen (secondary N) is 2. The van der Waals surface area contributed by atoms with Crippen molar-refractivity contribution < 1.29 is 14.6 Å². The Morgan fingerprint density at radius 3 is 2.68 bits per heavy atom. The summed E-state index contributed by atoms with van der Waals surface area (Å²) >= 11 is 0. The number of anilines is 1. The van der Waals surface area contributed by atoms with Crippen LogP contribution in [-0.4, -0.2) is 49.8 Å². The summed E-state index contributed by atoms with van der Waals surface area (Å²) in [5, 5.41) is 16.3. The average molecular weight is 459 g/mol. The Balaban J connectivity index is 1.57. The van der Waals surface area contributed by atoms with Gasteiger partial charge in [-0.25, -0.2) is 15.0 Å². The van der Waals surface area contributed by atoms with Crippen LogP contribution in [0.3, 0.4) is 0 Å².